The zero-order valence-electron chi connectivity index (χ0n) is 50.7. The molecule has 446 valence electrons. The standard InChI is InChI=1S/C65H75ClFN7O8SSi2/c1-43-58-55(73(62(43)63(75)80-11)36-23-37-81-84(12,13)64(3,4)5)35-34-51(66)61(58)59-44(2)70(9)69-53(59)42-72(83(78,79)57-31-21-20-30-54(57)74(76)77)41-47-40-48(71(10)68-47)33-32-45-38-46-24-22-29-52(67)60(46)56(39-45)82-85(65(6,7)8,49-25-16-14-17-26-49)50-27-18-15-19-28-50/h14-22,24-31,34-35,38-40H,23,32-33,36-37,41-42H2,1-13H3. The van der Waals surface area contributed by atoms with Gasteiger partial charge in [-0.2, -0.15) is 14.5 Å². The molecule has 0 aliphatic rings. The molecular weight excluding hydrogens is 1150 g/mol. The molecule has 0 unspecified atom stereocenters. The number of esters is 1. The van der Waals surface area contributed by atoms with Crippen molar-refractivity contribution in [2.24, 2.45) is 14.1 Å². The van der Waals surface area contributed by atoms with Gasteiger partial charge in [0.2, 0.25) is 0 Å². The molecule has 0 bridgehead atoms. The number of ether oxygens (including phenoxy) is 1. The topological polar surface area (TPSA) is 166 Å². The number of hydrogen-bond donors (Lipinski definition) is 0. The number of hydrogen-bond acceptors (Lipinski definition) is 10. The number of aromatic nitrogens is 5. The van der Waals surface area contributed by atoms with Crippen LogP contribution in [0.4, 0.5) is 10.1 Å². The SMILES string of the molecule is COC(=O)c1c(C)c2c(-c3c(CN(Cc4cc(CCc5cc(O[Si](c6ccccc6)(c6ccccc6)C(C)(C)C)c6c(F)cccc6c5)n(C)n4)S(=O)(=O)c4ccccc4[N+](=O)[O-])nn(C)c3C)c(Cl)ccc2n1CCCO[Si](C)(C)C(C)(C)C. The Morgan fingerprint density at radius 2 is 1.42 bits per heavy atom. The van der Waals surface area contributed by atoms with Gasteiger partial charge in [0.1, 0.15) is 17.3 Å². The molecule has 9 rings (SSSR count). The fourth-order valence-corrected chi connectivity index (χ4v) is 18.8. The van der Waals surface area contributed by atoms with Crippen molar-refractivity contribution in [2.75, 3.05) is 13.7 Å². The van der Waals surface area contributed by atoms with Crippen LogP contribution >= 0.6 is 11.6 Å². The van der Waals surface area contributed by atoms with Crippen molar-refractivity contribution in [3.05, 3.63) is 194 Å². The summed E-state index contributed by atoms with van der Waals surface area (Å²) in [6, 6.07) is 40.1. The number of halogens is 2. The zero-order chi connectivity index (χ0) is 61.6. The highest BCUT2D eigenvalue weighted by molar-refractivity contribution is 7.89. The van der Waals surface area contributed by atoms with Gasteiger partial charge in [0.05, 0.1) is 41.9 Å². The number of aryl methyl sites for hydroxylation is 6. The van der Waals surface area contributed by atoms with Crippen molar-refractivity contribution in [1.82, 2.24) is 28.4 Å². The van der Waals surface area contributed by atoms with E-state index in [-0.39, 0.29) is 18.1 Å². The molecule has 6 aromatic carbocycles. The van der Waals surface area contributed by atoms with Crippen LogP contribution in [-0.2, 0) is 65.8 Å². The minimum Gasteiger partial charge on any atom is -0.533 e. The maximum Gasteiger partial charge on any atom is 0.354 e. The predicted molar refractivity (Wildman–Crippen MR) is 340 cm³/mol. The fraction of sp³-hybridized carbons (Fsp3) is 0.338. The molecule has 0 amide bonds. The van der Waals surface area contributed by atoms with Crippen LogP contribution in [0.25, 0.3) is 32.8 Å². The Labute approximate surface area is 504 Å². The van der Waals surface area contributed by atoms with Gasteiger partial charge in [-0.3, -0.25) is 19.5 Å². The summed E-state index contributed by atoms with van der Waals surface area (Å²) in [5.74, 6) is -0.474. The Kier molecular flexibility index (Phi) is 17.8. The van der Waals surface area contributed by atoms with E-state index in [1.165, 1.54) is 37.4 Å². The number of sulfonamides is 1. The van der Waals surface area contributed by atoms with Gasteiger partial charge in [-0.1, -0.05) is 144 Å². The number of carbonyl (C=O) groups is 1. The summed E-state index contributed by atoms with van der Waals surface area (Å²) >= 11 is 7.28. The minimum absolute atomic E-state index is 0.0118. The first-order valence-corrected chi connectivity index (χ1v) is 35.1. The molecule has 20 heteroatoms. The van der Waals surface area contributed by atoms with Gasteiger partial charge < -0.3 is 18.2 Å². The van der Waals surface area contributed by atoms with Crippen molar-refractivity contribution in [3.8, 4) is 16.9 Å². The molecule has 0 atom stereocenters. The van der Waals surface area contributed by atoms with Crippen LogP contribution in [-0.4, -0.2) is 78.1 Å². The quantitative estimate of drug-likeness (QED) is 0.0222. The first-order chi connectivity index (χ1) is 40.1. The summed E-state index contributed by atoms with van der Waals surface area (Å²) in [4.78, 5) is 25.1. The minimum atomic E-state index is -4.70. The third-order valence-electron chi connectivity index (χ3n) is 16.9. The second-order valence-corrected chi connectivity index (χ2v) is 35.7. The highest BCUT2D eigenvalue weighted by Gasteiger charge is 2.52. The van der Waals surface area contributed by atoms with Crippen LogP contribution in [0.15, 0.2) is 138 Å². The largest absolute Gasteiger partial charge is 0.533 e. The number of carbonyl (C=O) groups excluding carboxylic acids is 1. The summed E-state index contributed by atoms with van der Waals surface area (Å²) in [5, 5.41) is 26.1. The zero-order valence-corrected chi connectivity index (χ0v) is 54.3. The lowest BCUT2D eigenvalue weighted by Gasteiger charge is -2.43. The summed E-state index contributed by atoms with van der Waals surface area (Å²) in [6.45, 7) is 21.5. The molecule has 0 spiro atoms. The number of nitro groups is 1. The van der Waals surface area contributed by atoms with Crippen LogP contribution in [0.3, 0.4) is 0 Å². The second kappa shape index (κ2) is 24.2. The second-order valence-electron chi connectivity index (χ2n) is 24.4. The van der Waals surface area contributed by atoms with Gasteiger partial charge in [-0.25, -0.2) is 17.6 Å². The molecule has 0 saturated carbocycles. The number of rotatable bonds is 21. The van der Waals surface area contributed by atoms with Gasteiger partial charge in [0.25, 0.3) is 15.7 Å². The first kappa shape index (κ1) is 62.3. The van der Waals surface area contributed by atoms with Crippen molar-refractivity contribution in [2.45, 2.75) is 122 Å². The van der Waals surface area contributed by atoms with E-state index in [2.05, 4.69) is 78.9 Å². The van der Waals surface area contributed by atoms with Crippen LogP contribution in [0, 0.1) is 29.8 Å². The van der Waals surface area contributed by atoms with E-state index >= 15 is 12.8 Å². The summed E-state index contributed by atoms with van der Waals surface area (Å²) in [6.07, 6.45) is 1.53. The number of nitro benzene ring substituents is 1. The highest BCUT2D eigenvalue weighted by Crippen LogP contribution is 2.45. The van der Waals surface area contributed by atoms with E-state index in [4.69, 9.17) is 35.4 Å². The van der Waals surface area contributed by atoms with Crippen LogP contribution < -0.4 is 14.8 Å². The van der Waals surface area contributed by atoms with Crippen molar-refractivity contribution in [3.63, 3.8) is 0 Å². The number of nitrogens with zero attached hydrogens (tertiary/aromatic N) is 7. The third kappa shape index (κ3) is 12.0. The molecule has 3 aromatic heterocycles. The molecule has 9 aromatic rings. The smallest absolute Gasteiger partial charge is 0.354 e. The third-order valence-corrected chi connectivity index (χ3v) is 28.5. The van der Waals surface area contributed by atoms with Crippen LogP contribution in [0.1, 0.15) is 92.4 Å². The maximum atomic E-state index is 16.3. The van der Waals surface area contributed by atoms with E-state index in [9.17, 15) is 14.9 Å². The number of benzene rings is 6. The van der Waals surface area contributed by atoms with Crippen LogP contribution in [0.5, 0.6) is 5.75 Å². The molecule has 3 heterocycles. The lowest BCUT2D eigenvalue weighted by Crippen LogP contribution is -2.68. The van der Waals surface area contributed by atoms with Crippen molar-refractivity contribution < 1.29 is 36.1 Å². The predicted octanol–water partition coefficient (Wildman–Crippen LogP) is 13.6. The number of fused-ring (bicyclic) bond motifs is 2. The molecule has 0 N–H and O–H groups in total. The lowest BCUT2D eigenvalue weighted by molar-refractivity contribution is -0.387. The van der Waals surface area contributed by atoms with Crippen LogP contribution in [0.2, 0.25) is 28.2 Å². The number of para-hydroxylation sites is 1. The van der Waals surface area contributed by atoms with E-state index in [0.717, 1.165) is 25.9 Å². The van der Waals surface area contributed by atoms with E-state index < -0.39 is 59.0 Å². The van der Waals surface area contributed by atoms with Gasteiger partial charge in [0.15, 0.2) is 13.2 Å². The van der Waals surface area contributed by atoms with E-state index in [1.807, 2.05) is 85.1 Å². The van der Waals surface area contributed by atoms with Gasteiger partial charge >= 0.3 is 14.3 Å². The monoisotopic (exact) mass is 1220 g/mol. The molecule has 0 fully saturated rings. The average molecular weight is 1230 g/mol. The molecular formula is C65H75ClFN7O8SSi2. The molecule has 15 nitrogen and oxygen atoms in total. The van der Waals surface area contributed by atoms with Gasteiger partial charge in [-0.05, 0) is 120 Å². The Morgan fingerprint density at radius 1 is 0.776 bits per heavy atom. The van der Waals surface area contributed by atoms with Crippen molar-refractivity contribution >= 4 is 82.0 Å². The van der Waals surface area contributed by atoms with Crippen molar-refractivity contribution in [1.29, 1.82) is 0 Å². The Morgan fingerprint density at radius 3 is 2.05 bits per heavy atom. The Bertz CT molecular complexity index is 4060. The first-order valence-electron chi connectivity index (χ1n) is 28.4. The summed E-state index contributed by atoms with van der Waals surface area (Å²) < 4.78 is 72.7. The Hall–Kier alpha value is -7.27. The van der Waals surface area contributed by atoms with Gasteiger partial charge in [-0.15, -0.1) is 0 Å². The normalized spacial score (nSPS) is 12.7. The van der Waals surface area contributed by atoms with E-state index in [1.54, 1.807) is 35.6 Å². The molecule has 0 aliphatic heterocycles. The fourth-order valence-electron chi connectivity index (χ4n) is 11.5. The molecule has 85 heavy (non-hydrogen) atoms. The van der Waals surface area contributed by atoms with E-state index in [0.29, 0.717) is 104 Å². The number of methoxy groups -OCH3 is 1. The maximum absolute atomic E-state index is 16.3. The summed E-state index contributed by atoms with van der Waals surface area (Å²) in [5.41, 5.74) is 5.16. The van der Waals surface area contributed by atoms with Gasteiger partial charge in [0, 0.05) is 71.8 Å². The highest BCUT2D eigenvalue weighted by atomic mass is 35.5. The average Bonchev–Trinajstić information content (AvgIpc) is 1.91. The Balaban J connectivity index is 1.09. The summed E-state index contributed by atoms with van der Waals surface area (Å²) in [7, 11) is -5.10. The molecule has 0 radical (unpaired) electrons. The molecule has 0 aliphatic carbocycles. The lowest BCUT2D eigenvalue weighted by atomic mass is 9.96. The molecule has 0 saturated heterocycles.